The standard InChI is InChI=1S/C16H18N2O.2ClH/c1-17-11-13-7-10-19-16-14(3-2-4-15(13)16)12-5-8-18-9-6-12;;/h2-6,8-9,13,17H,7,10-11H2,1H3;2*1H. The maximum atomic E-state index is 5.94. The van der Waals surface area contributed by atoms with E-state index in [0.29, 0.717) is 5.92 Å². The van der Waals surface area contributed by atoms with Crippen LogP contribution in [-0.4, -0.2) is 25.2 Å². The zero-order valence-corrected chi connectivity index (χ0v) is 13.5. The topological polar surface area (TPSA) is 34.1 Å². The molecule has 1 aromatic carbocycles. The third-order valence-electron chi connectivity index (χ3n) is 3.64. The predicted octanol–water partition coefficient (Wildman–Crippen LogP) is 3.68. The van der Waals surface area contributed by atoms with E-state index in [1.54, 1.807) is 0 Å². The van der Waals surface area contributed by atoms with Gasteiger partial charge in [0.15, 0.2) is 0 Å². The van der Waals surface area contributed by atoms with Gasteiger partial charge in [-0.05, 0) is 36.7 Å². The number of benzene rings is 1. The van der Waals surface area contributed by atoms with Gasteiger partial charge in [0, 0.05) is 30.4 Å². The van der Waals surface area contributed by atoms with Crippen molar-refractivity contribution < 1.29 is 4.74 Å². The zero-order valence-electron chi connectivity index (χ0n) is 11.9. The number of para-hydroxylation sites is 1. The van der Waals surface area contributed by atoms with Crippen molar-refractivity contribution in [3.05, 3.63) is 48.3 Å². The van der Waals surface area contributed by atoms with Crippen LogP contribution in [0, 0.1) is 0 Å². The second kappa shape index (κ2) is 8.23. The van der Waals surface area contributed by atoms with E-state index in [2.05, 4.69) is 28.5 Å². The van der Waals surface area contributed by atoms with Gasteiger partial charge in [0.05, 0.1) is 6.61 Å². The first kappa shape index (κ1) is 17.8. The van der Waals surface area contributed by atoms with Crippen LogP contribution >= 0.6 is 24.8 Å². The molecule has 21 heavy (non-hydrogen) atoms. The number of aromatic nitrogens is 1. The number of fused-ring (bicyclic) bond motifs is 1. The fourth-order valence-electron chi connectivity index (χ4n) is 2.71. The Morgan fingerprint density at radius 3 is 2.67 bits per heavy atom. The quantitative estimate of drug-likeness (QED) is 0.934. The summed E-state index contributed by atoms with van der Waals surface area (Å²) >= 11 is 0. The summed E-state index contributed by atoms with van der Waals surface area (Å²) < 4.78 is 5.94. The van der Waals surface area contributed by atoms with Gasteiger partial charge in [-0.1, -0.05) is 18.2 Å². The molecule has 3 rings (SSSR count). The first-order valence-corrected chi connectivity index (χ1v) is 6.71. The van der Waals surface area contributed by atoms with Gasteiger partial charge in [-0.25, -0.2) is 0 Å². The van der Waals surface area contributed by atoms with Crippen LogP contribution in [0.2, 0.25) is 0 Å². The lowest BCUT2D eigenvalue weighted by Gasteiger charge is -2.27. The van der Waals surface area contributed by atoms with Crippen molar-refractivity contribution in [2.24, 2.45) is 0 Å². The largest absolute Gasteiger partial charge is 0.493 e. The summed E-state index contributed by atoms with van der Waals surface area (Å²) in [5.41, 5.74) is 3.65. The number of pyridine rings is 1. The van der Waals surface area contributed by atoms with Crippen molar-refractivity contribution in [1.29, 1.82) is 0 Å². The van der Waals surface area contributed by atoms with Crippen LogP contribution in [0.1, 0.15) is 17.9 Å². The maximum Gasteiger partial charge on any atom is 0.130 e. The van der Waals surface area contributed by atoms with Crippen LogP contribution in [0.5, 0.6) is 5.75 Å². The number of hydrogen-bond donors (Lipinski definition) is 1. The highest BCUT2D eigenvalue weighted by atomic mass is 35.5. The highest BCUT2D eigenvalue weighted by Crippen LogP contribution is 2.40. The van der Waals surface area contributed by atoms with Crippen molar-refractivity contribution in [3.63, 3.8) is 0 Å². The molecule has 0 radical (unpaired) electrons. The monoisotopic (exact) mass is 326 g/mol. The van der Waals surface area contributed by atoms with E-state index in [4.69, 9.17) is 4.74 Å². The molecular formula is C16H20Cl2N2O. The Balaban J connectivity index is 0.00000110. The number of likely N-dealkylation sites (N-methyl/N-ethyl adjacent to an activating group) is 1. The third-order valence-corrected chi connectivity index (χ3v) is 3.64. The van der Waals surface area contributed by atoms with E-state index in [1.165, 1.54) is 11.1 Å². The minimum absolute atomic E-state index is 0. The number of hydrogen-bond acceptors (Lipinski definition) is 3. The molecule has 1 aliphatic heterocycles. The van der Waals surface area contributed by atoms with E-state index in [-0.39, 0.29) is 24.8 Å². The molecule has 0 amide bonds. The molecule has 114 valence electrons. The normalized spacial score (nSPS) is 16.0. The summed E-state index contributed by atoms with van der Waals surface area (Å²) in [6, 6.07) is 10.5. The summed E-state index contributed by atoms with van der Waals surface area (Å²) in [4.78, 5) is 4.08. The second-order valence-corrected chi connectivity index (χ2v) is 4.85. The highest BCUT2D eigenvalue weighted by molar-refractivity contribution is 5.85. The van der Waals surface area contributed by atoms with Crippen molar-refractivity contribution >= 4 is 24.8 Å². The fraction of sp³-hybridized carbons (Fsp3) is 0.312. The molecule has 0 saturated heterocycles. The van der Waals surface area contributed by atoms with Gasteiger partial charge in [0.2, 0.25) is 0 Å². The molecule has 0 spiro atoms. The fourth-order valence-corrected chi connectivity index (χ4v) is 2.71. The molecule has 1 N–H and O–H groups in total. The van der Waals surface area contributed by atoms with Crippen molar-refractivity contribution in [2.75, 3.05) is 20.2 Å². The summed E-state index contributed by atoms with van der Waals surface area (Å²) in [5, 5.41) is 3.27. The van der Waals surface area contributed by atoms with Gasteiger partial charge < -0.3 is 10.1 Å². The van der Waals surface area contributed by atoms with Gasteiger partial charge in [0.25, 0.3) is 0 Å². The highest BCUT2D eigenvalue weighted by Gasteiger charge is 2.23. The van der Waals surface area contributed by atoms with Crippen molar-refractivity contribution in [1.82, 2.24) is 10.3 Å². The first-order valence-electron chi connectivity index (χ1n) is 6.71. The van der Waals surface area contributed by atoms with Crippen molar-refractivity contribution in [2.45, 2.75) is 12.3 Å². The molecule has 1 atom stereocenters. The minimum atomic E-state index is 0. The van der Waals surface area contributed by atoms with E-state index in [1.807, 2.05) is 31.6 Å². The molecule has 0 bridgehead atoms. The van der Waals surface area contributed by atoms with Crippen LogP contribution in [-0.2, 0) is 0 Å². The smallest absolute Gasteiger partial charge is 0.130 e. The van der Waals surface area contributed by atoms with Gasteiger partial charge in [0.1, 0.15) is 5.75 Å². The molecule has 1 unspecified atom stereocenters. The van der Waals surface area contributed by atoms with E-state index < -0.39 is 0 Å². The Bertz CT molecular complexity index is 563. The van der Waals surface area contributed by atoms with Crippen LogP contribution < -0.4 is 10.1 Å². The predicted molar refractivity (Wildman–Crippen MR) is 90.9 cm³/mol. The number of nitrogens with zero attached hydrogens (tertiary/aromatic N) is 1. The van der Waals surface area contributed by atoms with Crippen LogP contribution in [0.4, 0.5) is 0 Å². The Morgan fingerprint density at radius 1 is 1.19 bits per heavy atom. The molecule has 0 aliphatic carbocycles. The average molecular weight is 327 g/mol. The van der Waals surface area contributed by atoms with E-state index in [9.17, 15) is 0 Å². The zero-order chi connectivity index (χ0) is 13.1. The molecule has 2 heterocycles. The van der Waals surface area contributed by atoms with E-state index in [0.717, 1.165) is 30.9 Å². The lowest BCUT2D eigenvalue weighted by atomic mass is 9.90. The lowest BCUT2D eigenvalue weighted by molar-refractivity contribution is 0.267. The first-order chi connectivity index (χ1) is 9.40. The summed E-state index contributed by atoms with van der Waals surface area (Å²) in [6.45, 7) is 1.79. The summed E-state index contributed by atoms with van der Waals surface area (Å²) in [6.07, 6.45) is 4.72. The Kier molecular flexibility index (Phi) is 6.96. The number of halogens is 2. The van der Waals surface area contributed by atoms with Gasteiger partial charge in [-0.3, -0.25) is 4.98 Å². The van der Waals surface area contributed by atoms with E-state index >= 15 is 0 Å². The number of ether oxygens (including phenoxy) is 1. The molecule has 1 aliphatic rings. The molecule has 0 fully saturated rings. The van der Waals surface area contributed by atoms with Gasteiger partial charge in [-0.15, -0.1) is 24.8 Å². The van der Waals surface area contributed by atoms with Crippen LogP contribution in [0.3, 0.4) is 0 Å². The van der Waals surface area contributed by atoms with Crippen LogP contribution in [0.15, 0.2) is 42.7 Å². The maximum absolute atomic E-state index is 5.94. The average Bonchev–Trinajstić information content (AvgIpc) is 2.48. The van der Waals surface area contributed by atoms with Gasteiger partial charge in [-0.2, -0.15) is 0 Å². The molecular weight excluding hydrogens is 307 g/mol. The number of nitrogens with one attached hydrogen (secondary N) is 1. The molecule has 2 aromatic rings. The SMILES string of the molecule is CNCC1CCOc2c(-c3ccncc3)cccc21.Cl.Cl. The molecule has 5 heteroatoms. The molecule has 3 nitrogen and oxygen atoms in total. The van der Waals surface area contributed by atoms with Crippen LogP contribution in [0.25, 0.3) is 11.1 Å². The summed E-state index contributed by atoms with van der Waals surface area (Å²) in [5.74, 6) is 1.58. The molecule has 1 aromatic heterocycles. The molecule has 0 saturated carbocycles. The Labute approximate surface area is 137 Å². The van der Waals surface area contributed by atoms with Crippen molar-refractivity contribution in [3.8, 4) is 16.9 Å². The third kappa shape index (κ3) is 3.67. The minimum Gasteiger partial charge on any atom is -0.493 e. The summed E-state index contributed by atoms with van der Waals surface area (Å²) in [7, 11) is 2.00. The number of rotatable bonds is 3. The van der Waals surface area contributed by atoms with Gasteiger partial charge >= 0.3 is 0 Å². The Hall–Kier alpha value is -1.29. The Morgan fingerprint density at radius 2 is 1.95 bits per heavy atom. The lowest BCUT2D eigenvalue weighted by Crippen LogP contribution is -2.23. The second-order valence-electron chi connectivity index (χ2n) is 4.85.